The Labute approximate surface area is 294 Å². The minimum Gasteiger partial charge on any atom is -0.481 e. The molecule has 50 heavy (non-hydrogen) atoms. The molecule has 7 N–H and O–H groups in total. The lowest BCUT2D eigenvalue weighted by Crippen LogP contribution is -2.59. The average Bonchev–Trinajstić information content (AvgIpc) is 3.07. The zero-order chi connectivity index (χ0) is 38.3. The maximum absolute atomic E-state index is 12.8. The molecule has 0 aromatic heterocycles. The molecule has 16 heteroatoms. The molecule has 0 saturated carbocycles. The Bertz CT molecular complexity index is 1480. The van der Waals surface area contributed by atoms with Crippen LogP contribution in [0.4, 0.5) is 13.2 Å². The van der Waals surface area contributed by atoms with Gasteiger partial charge in [-0.25, -0.2) is 4.79 Å². The number of halogens is 4. The number of esters is 2. The van der Waals surface area contributed by atoms with Crippen molar-refractivity contribution < 1.29 is 51.3 Å². The van der Waals surface area contributed by atoms with Gasteiger partial charge in [0, 0.05) is 17.2 Å². The van der Waals surface area contributed by atoms with E-state index >= 15 is 0 Å². The lowest BCUT2D eigenvalue weighted by molar-refractivity contribution is -0.169. The van der Waals surface area contributed by atoms with Gasteiger partial charge in [0.05, 0.1) is 13.2 Å². The van der Waals surface area contributed by atoms with Crippen LogP contribution in [0.2, 0.25) is 0 Å². The largest absolute Gasteiger partial charge is 0.481 e. The van der Waals surface area contributed by atoms with Crippen molar-refractivity contribution in [3.63, 3.8) is 0 Å². The highest BCUT2D eigenvalue weighted by atomic mass is 35.5. The topological polar surface area (TPSA) is 195 Å². The van der Waals surface area contributed by atoms with Crippen molar-refractivity contribution in [3.8, 4) is 35.2 Å². The highest BCUT2D eigenvalue weighted by Gasteiger charge is 2.46. The number of ether oxygens (including phenoxy) is 4. The summed E-state index contributed by atoms with van der Waals surface area (Å²) < 4.78 is 58.2. The highest BCUT2D eigenvalue weighted by molar-refractivity contribution is 6.67. The summed E-state index contributed by atoms with van der Waals surface area (Å²) in [5.74, 6) is 9.33. The molecule has 2 aromatic rings. The Kier molecular flexibility index (Phi) is 22.0. The van der Waals surface area contributed by atoms with E-state index in [1.807, 2.05) is 5.32 Å². The number of rotatable bonds is 13. The maximum atomic E-state index is 12.8. The molecular formula is C34H42ClF3N4O8. The first-order valence-electron chi connectivity index (χ1n) is 15.0. The van der Waals surface area contributed by atoms with Gasteiger partial charge in [-0.05, 0) is 94.8 Å². The van der Waals surface area contributed by atoms with Crippen LogP contribution >= 0.6 is 11.6 Å². The Morgan fingerprint density at radius 1 is 0.780 bits per heavy atom. The molecule has 0 spiro atoms. The van der Waals surface area contributed by atoms with Crippen molar-refractivity contribution in [1.29, 1.82) is 0 Å². The van der Waals surface area contributed by atoms with Crippen LogP contribution in [-0.4, -0.2) is 79.9 Å². The van der Waals surface area contributed by atoms with Gasteiger partial charge in [-0.2, -0.15) is 13.2 Å². The summed E-state index contributed by atoms with van der Waals surface area (Å²) in [5.41, 5.74) is 16.2. The minimum atomic E-state index is -4.89. The van der Waals surface area contributed by atoms with E-state index in [4.69, 9.17) is 38.3 Å². The van der Waals surface area contributed by atoms with E-state index in [1.165, 1.54) is 31.2 Å². The summed E-state index contributed by atoms with van der Waals surface area (Å²) in [6.45, 7) is 8.94. The number of carbonyl (C=O) groups excluding carboxylic acids is 4. The Morgan fingerprint density at radius 2 is 1.20 bits per heavy atom. The maximum Gasteiger partial charge on any atom is 0.406 e. The molecule has 0 heterocycles. The third-order valence-electron chi connectivity index (χ3n) is 5.86. The fraction of sp³-hybridized carbons (Fsp3) is 0.412. The second kappa shape index (κ2) is 24.4. The van der Waals surface area contributed by atoms with Gasteiger partial charge < -0.3 is 41.5 Å². The van der Waals surface area contributed by atoms with Crippen LogP contribution in [-0.2, 0) is 19.1 Å². The van der Waals surface area contributed by atoms with Gasteiger partial charge in [0.1, 0.15) is 36.8 Å². The van der Waals surface area contributed by atoms with Crippen LogP contribution < -0.4 is 32.0 Å². The summed E-state index contributed by atoms with van der Waals surface area (Å²) in [6, 6.07) is 6.49. The molecule has 0 saturated heterocycles. The standard InChI is InChI=1S/C17H19F3N2O4.C11H9ClO2.C6H14N2O2/c1-3-5-10-26-12-8-6-11(7-9-12)15(23)22-13(16(24)25-4-2)14(21)17(18,19)20;1-2-3-8-14-10-6-4-9(5-7-10)11(12)13;1-3-10-6(9)5(8)4(2)7/h6-9,13-14H,4,10,21H2,1-2H3,(H,22,23);4-7H,8H2,1H3;4-5H,3,7-8H2,1-2H3/t13-,14+;;4-,5-/m0.0/s1. The minimum absolute atomic E-state index is 0.0302. The van der Waals surface area contributed by atoms with Crippen LogP contribution in [0.15, 0.2) is 48.5 Å². The van der Waals surface area contributed by atoms with E-state index < -0.39 is 47.4 Å². The van der Waals surface area contributed by atoms with Crippen molar-refractivity contribution in [2.45, 2.75) is 65.0 Å². The van der Waals surface area contributed by atoms with Gasteiger partial charge >= 0.3 is 18.1 Å². The molecule has 4 atom stereocenters. The molecular weight excluding hydrogens is 685 g/mol. The SMILES string of the molecule is CC#CCOc1ccc(C(=O)Cl)cc1.CC#CCOc1ccc(C(=O)N[C@H](C(=O)OCC)[C@@H](N)C(F)(F)F)cc1.CCOC(=O)[C@@H](N)[C@H](C)N. The van der Waals surface area contributed by atoms with Gasteiger partial charge in [0.2, 0.25) is 0 Å². The molecule has 0 aliphatic carbocycles. The number of amides is 1. The van der Waals surface area contributed by atoms with Crippen molar-refractivity contribution in [3.05, 3.63) is 59.7 Å². The molecule has 274 valence electrons. The Hall–Kier alpha value is -4.80. The van der Waals surface area contributed by atoms with Crippen LogP contribution in [0.1, 0.15) is 55.3 Å². The van der Waals surface area contributed by atoms with Crippen LogP contribution in [0.5, 0.6) is 11.5 Å². The summed E-state index contributed by atoms with van der Waals surface area (Å²) in [5, 5.41) is 1.51. The monoisotopic (exact) mass is 726 g/mol. The van der Waals surface area contributed by atoms with Gasteiger partial charge in [0.15, 0.2) is 6.04 Å². The predicted octanol–water partition coefficient (Wildman–Crippen LogP) is 3.33. The molecule has 0 aliphatic heterocycles. The van der Waals surface area contributed by atoms with E-state index in [2.05, 4.69) is 33.2 Å². The molecule has 2 rings (SSSR count). The van der Waals surface area contributed by atoms with E-state index in [0.717, 1.165) is 0 Å². The molecule has 0 bridgehead atoms. The molecule has 0 unspecified atom stereocenters. The predicted molar refractivity (Wildman–Crippen MR) is 181 cm³/mol. The molecule has 2 aromatic carbocycles. The average molecular weight is 727 g/mol. The first-order chi connectivity index (χ1) is 23.5. The Morgan fingerprint density at radius 3 is 1.56 bits per heavy atom. The van der Waals surface area contributed by atoms with Crippen LogP contribution in [0.3, 0.4) is 0 Å². The first kappa shape index (κ1) is 45.2. The molecule has 0 aliphatic rings. The van der Waals surface area contributed by atoms with E-state index in [0.29, 0.717) is 30.3 Å². The number of nitrogens with two attached hydrogens (primary N) is 3. The fourth-order valence-electron chi connectivity index (χ4n) is 3.16. The zero-order valence-corrected chi connectivity index (χ0v) is 29.0. The number of hydrogen-bond acceptors (Lipinski definition) is 11. The van der Waals surface area contributed by atoms with Crippen LogP contribution in [0, 0.1) is 23.7 Å². The lowest BCUT2D eigenvalue weighted by atomic mass is 10.1. The van der Waals surface area contributed by atoms with Crippen molar-refractivity contribution in [2.75, 3.05) is 26.4 Å². The van der Waals surface area contributed by atoms with Crippen LogP contribution in [0.25, 0.3) is 0 Å². The third kappa shape index (κ3) is 18.1. The number of benzene rings is 2. The zero-order valence-electron chi connectivity index (χ0n) is 28.3. The summed E-state index contributed by atoms with van der Waals surface area (Å²) in [7, 11) is 0. The second-order valence-corrected chi connectivity index (χ2v) is 10.0. The van der Waals surface area contributed by atoms with Gasteiger partial charge in [0.25, 0.3) is 11.1 Å². The first-order valence-corrected chi connectivity index (χ1v) is 15.3. The number of nitrogens with one attached hydrogen (secondary N) is 1. The third-order valence-corrected chi connectivity index (χ3v) is 6.08. The molecule has 0 fully saturated rings. The number of hydrogen-bond donors (Lipinski definition) is 4. The number of alkyl halides is 3. The van der Waals surface area contributed by atoms with Crippen molar-refractivity contribution in [1.82, 2.24) is 5.32 Å². The van der Waals surface area contributed by atoms with E-state index in [-0.39, 0.29) is 24.8 Å². The fourth-order valence-corrected chi connectivity index (χ4v) is 3.29. The van der Waals surface area contributed by atoms with Gasteiger partial charge in [-0.15, -0.1) is 11.8 Å². The highest BCUT2D eigenvalue weighted by Crippen LogP contribution is 2.22. The quantitative estimate of drug-likeness (QED) is 0.134. The van der Waals surface area contributed by atoms with E-state index in [9.17, 15) is 32.3 Å². The van der Waals surface area contributed by atoms with Gasteiger partial charge in [-0.3, -0.25) is 14.4 Å². The van der Waals surface area contributed by atoms with Gasteiger partial charge in [-0.1, -0.05) is 11.8 Å². The number of carbonyl (C=O) groups is 4. The lowest BCUT2D eigenvalue weighted by Gasteiger charge is -2.25. The summed E-state index contributed by atoms with van der Waals surface area (Å²) in [4.78, 5) is 45.4. The van der Waals surface area contributed by atoms with Crippen molar-refractivity contribution >= 4 is 34.7 Å². The second-order valence-electron chi connectivity index (χ2n) is 9.66. The van der Waals surface area contributed by atoms with E-state index in [1.54, 1.807) is 52.0 Å². The Balaban J connectivity index is 0.000000832. The molecule has 12 nitrogen and oxygen atoms in total. The normalized spacial score (nSPS) is 12.4. The molecule has 0 radical (unpaired) electrons. The van der Waals surface area contributed by atoms with Crippen molar-refractivity contribution in [2.24, 2.45) is 17.2 Å². The summed E-state index contributed by atoms with van der Waals surface area (Å²) >= 11 is 5.28. The molecule has 1 amide bonds. The summed E-state index contributed by atoms with van der Waals surface area (Å²) in [6.07, 6.45) is -4.89. The smallest absolute Gasteiger partial charge is 0.406 e.